The van der Waals surface area contributed by atoms with E-state index in [1.807, 2.05) is 12.1 Å². The molecule has 0 fully saturated rings. The number of hydrogen-bond donors (Lipinski definition) is 1. The Hall–Kier alpha value is -1.27. The second-order valence-electron chi connectivity index (χ2n) is 2.54. The van der Waals surface area contributed by atoms with Crippen LogP contribution in [0.3, 0.4) is 0 Å². The van der Waals surface area contributed by atoms with Crippen molar-refractivity contribution in [3.05, 3.63) is 28.7 Å². The van der Waals surface area contributed by atoms with Crippen LogP contribution in [0.4, 0.5) is 0 Å². The van der Waals surface area contributed by atoms with Crippen molar-refractivity contribution in [2.45, 2.75) is 6.54 Å². The summed E-state index contributed by atoms with van der Waals surface area (Å²) in [6.07, 6.45) is 1.66. The Morgan fingerprint density at radius 1 is 1.43 bits per heavy atom. The standard InChI is InChI=1S/C8H7BrN4O/c9-5-2-1-3-11-7(5)8-13-12-6(4-10)14-8/h1-3H,4,10H2. The van der Waals surface area contributed by atoms with Gasteiger partial charge in [0.15, 0.2) is 0 Å². The van der Waals surface area contributed by atoms with Crippen LogP contribution in [0.25, 0.3) is 11.6 Å². The van der Waals surface area contributed by atoms with Crippen LogP contribution in [0.1, 0.15) is 5.89 Å². The van der Waals surface area contributed by atoms with E-state index in [9.17, 15) is 0 Å². The largest absolute Gasteiger partial charge is 0.418 e. The van der Waals surface area contributed by atoms with Crippen molar-refractivity contribution in [2.24, 2.45) is 5.73 Å². The molecule has 0 saturated heterocycles. The highest BCUT2D eigenvalue weighted by Gasteiger charge is 2.11. The summed E-state index contributed by atoms with van der Waals surface area (Å²) in [4.78, 5) is 4.11. The lowest BCUT2D eigenvalue weighted by atomic mass is 10.3. The summed E-state index contributed by atoms with van der Waals surface area (Å²) in [6, 6.07) is 3.67. The monoisotopic (exact) mass is 254 g/mol. The highest BCUT2D eigenvalue weighted by Crippen LogP contribution is 2.23. The molecule has 2 N–H and O–H groups in total. The molecule has 0 spiro atoms. The molecule has 0 aromatic carbocycles. The van der Waals surface area contributed by atoms with Gasteiger partial charge in [-0.3, -0.25) is 0 Å². The molecular weight excluding hydrogens is 248 g/mol. The molecule has 0 radical (unpaired) electrons. The van der Waals surface area contributed by atoms with Gasteiger partial charge in [0.25, 0.3) is 5.89 Å². The Bertz CT molecular complexity index is 442. The van der Waals surface area contributed by atoms with Gasteiger partial charge >= 0.3 is 0 Å². The number of halogens is 1. The van der Waals surface area contributed by atoms with E-state index >= 15 is 0 Å². The zero-order valence-electron chi connectivity index (χ0n) is 7.14. The first-order valence-electron chi connectivity index (χ1n) is 3.94. The van der Waals surface area contributed by atoms with Gasteiger partial charge in [-0.15, -0.1) is 10.2 Å². The first-order chi connectivity index (χ1) is 6.81. The predicted octanol–water partition coefficient (Wildman–Crippen LogP) is 1.35. The third kappa shape index (κ3) is 1.66. The maximum Gasteiger partial charge on any atom is 0.267 e. The van der Waals surface area contributed by atoms with E-state index in [-0.39, 0.29) is 6.54 Å². The molecule has 2 aromatic heterocycles. The van der Waals surface area contributed by atoms with Crippen molar-refractivity contribution in [3.63, 3.8) is 0 Å². The van der Waals surface area contributed by atoms with E-state index in [1.165, 1.54) is 0 Å². The summed E-state index contributed by atoms with van der Waals surface area (Å²) in [5.74, 6) is 0.774. The molecule has 0 atom stereocenters. The zero-order chi connectivity index (χ0) is 9.97. The van der Waals surface area contributed by atoms with Crippen LogP contribution in [0, 0.1) is 0 Å². The molecule has 0 bridgehead atoms. The third-order valence-electron chi connectivity index (χ3n) is 1.60. The van der Waals surface area contributed by atoms with Gasteiger partial charge in [0.1, 0.15) is 5.69 Å². The molecule has 2 heterocycles. The van der Waals surface area contributed by atoms with Crippen molar-refractivity contribution >= 4 is 15.9 Å². The molecule has 72 valence electrons. The number of hydrogen-bond acceptors (Lipinski definition) is 5. The fourth-order valence-electron chi connectivity index (χ4n) is 0.975. The average Bonchev–Trinajstić information content (AvgIpc) is 2.67. The Balaban J connectivity index is 2.44. The lowest BCUT2D eigenvalue weighted by Gasteiger charge is -1.95. The Kier molecular flexibility index (Phi) is 2.55. The van der Waals surface area contributed by atoms with Crippen LogP contribution >= 0.6 is 15.9 Å². The lowest BCUT2D eigenvalue weighted by molar-refractivity contribution is 0.507. The minimum absolute atomic E-state index is 0.234. The molecule has 0 aliphatic rings. The zero-order valence-corrected chi connectivity index (χ0v) is 8.73. The van der Waals surface area contributed by atoms with Crippen LogP contribution in [0.2, 0.25) is 0 Å². The van der Waals surface area contributed by atoms with Crippen LogP contribution in [-0.2, 0) is 6.54 Å². The summed E-state index contributed by atoms with van der Waals surface area (Å²) >= 11 is 3.34. The van der Waals surface area contributed by atoms with Crippen LogP contribution in [0.5, 0.6) is 0 Å². The second-order valence-corrected chi connectivity index (χ2v) is 3.39. The number of aromatic nitrogens is 3. The van der Waals surface area contributed by atoms with Gasteiger partial charge < -0.3 is 10.2 Å². The Labute approximate surface area is 88.5 Å². The normalized spacial score (nSPS) is 10.4. The SMILES string of the molecule is NCc1nnc(-c2ncccc2Br)o1. The third-order valence-corrected chi connectivity index (χ3v) is 2.24. The summed E-state index contributed by atoms with van der Waals surface area (Å²) in [7, 11) is 0. The van der Waals surface area contributed by atoms with Crippen LogP contribution in [0.15, 0.2) is 27.2 Å². The van der Waals surface area contributed by atoms with Crippen molar-refractivity contribution in [1.29, 1.82) is 0 Å². The van der Waals surface area contributed by atoms with E-state index in [2.05, 4.69) is 31.1 Å². The van der Waals surface area contributed by atoms with Gasteiger partial charge in [-0.1, -0.05) is 0 Å². The smallest absolute Gasteiger partial charge is 0.267 e. The number of nitrogens with zero attached hydrogens (tertiary/aromatic N) is 3. The molecule has 6 heteroatoms. The van der Waals surface area contributed by atoms with Crippen LogP contribution < -0.4 is 5.73 Å². The molecule has 14 heavy (non-hydrogen) atoms. The number of rotatable bonds is 2. The first-order valence-corrected chi connectivity index (χ1v) is 4.74. The number of pyridine rings is 1. The summed E-state index contributed by atoms with van der Waals surface area (Å²) in [5.41, 5.74) is 5.98. The average molecular weight is 255 g/mol. The van der Waals surface area contributed by atoms with Crippen molar-refractivity contribution in [2.75, 3.05) is 0 Å². The molecule has 0 amide bonds. The van der Waals surface area contributed by atoms with Crippen molar-refractivity contribution < 1.29 is 4.42 Å². The van der Waals surface area contributed by atoms with Crippen molar-refractivity contribution in [3.8, 4) is 11.6 Å². The molecule has 2 aromatic rings. The van der Waals surface area contributed by atoms with E-state index in [0.29, 0.717) is 17.5 Å². The topological polar surface area (TPSA) is 77.8 Å². The maximum absolute atomic E-state index is 5.35. The molecular formula is C8H7BrN4O. The molecule has 2 rings (SSSR count). The molecule has 0 saturated carbocycles. The minimum atomic E-state index is 0.234. The molecule has 0 aliphatic heterocycles. The highest BCUT2D eigenvalue weighted by molar-refractivity contribution is 9.10. The summed E-state index contributed by atoms with van der Waals surface area (Å²) in [5, 5.41) is 7.58. The fourth-order valence-corrected chi connectivity index (χ4v) is 1.40. The van der Waals surface area contributed by atoms with Crippen LogP contribution in [-0.4, -0.2) is 15.2 Å². The molecule has 5 nitrogen and oxygen atoms in total. The number of nitrogens with two attached hydrogens (primary N) is 1. The molecule has 0 unspecified atom stereocenters. The van der Waals surface area contributed by atoms with Gasteiger partial charge in [-0.05, 0) is 28.1 Å². The maximum atomic E-state index is 5.35. The first kappa shape index (κ1) is 9.29. The van der Waals surface area contributed by atoms with E-state index < -0.39 is 0 Å². The van der Waals surface area contributed by atoms with Gasteiger partial charge in [0, 0.05) is 10.7 Å². The van der Waals surface area contributed by atoms with Crippen molar-refractivity contribution in [1.82, 2.24) is 15.2 Å². The minimum Gasteiger partial charge on any atom is -0.418 e. The van der Waals surface area contributed by atoms with Gasteiger partial charge in [-0.2, -0.15) is 0 Å². The van der Waals surface area contributed by atoms with Gasteiger partial charge in [0.05, 0.1) is 6.54 Å². The predicted molar refractivity (Wildman–Crippen MR) is 53.1 cm³/mol. The van der Waals surface area contributed by atoms with Gasteiger partial charge in [0.2, 0.25) is 5.89 Å². The summed E-state index contributed by atoms with van der Waals surface area (Å²) in [6.45, 7) is 0.234. The highest BCUT2D eigenvalue weighted by atomic mass is 79.9. The second kappa shape index (κ2) is 3.85. The van der Waals surface area contributed by atoms with E-state index in [4.69, 9.17) is 10.2 Å². The van der Waals surface area contributed by atoms with Gasteiger partial charge in [-0.25, -0.2) is 4.98 Å². The van der Waals surface area contributed by atoms with E-state index in [1.54, 1.807) is 6.20 Å². The Morgan fingerprint density at radius 3 is 2.93 bits per heavy atom. The lowest BCUT2D eigenvalue weighted by Crippen LogP contribution is -1.95. The summed E-state index contributed by atoms with van der Waals surface area (Å²) < 4.78 is 6.07. The van der Waals surface area contributed by atoms with E-state index in [0.717, 1.165) is 4.47 Å². The fraction of sp³-hybridized carbons (Fsp3) is 0.125. The Morgan fingerprint density at radius 2 is 2.29 bits per heavy atom. The quantitative estimate of drug-likeness (QED) is 0.876. The molecule has 0 aliphatic carbocycles.